The highest BCUT2D eigenvalue weighted by atomic mass is 35.5. The van der Waals surface area contributed by atoms with Gasteiger partial charge >= 0.3 is 0 Å². The lowest BCUT2D eigenvalue weighted by Crippen LogP contribution is -2.32. The molecule has 5 heteroatoms. The Labute approximate surface area is 121 Å². The van der Waals surface area contributed by atoms with Gasteiger partial charge in [-0.25, -0.2) is 0 Å². The molecule has 2 unspecified atom stereocenters. The number of hydrogen-bond acceptors (Lipinski definition) is 3. The average molecular weight is 293 g/mol. The molecule has 1 aliphatic heterocycles. The van der Waals surface area contributed by atoms with E-state index in [0.29, 0.717) is 6.04 Å². The first-order valence-corrected chi connectivity index (χ1v) is 5.92. The fourth-order valence-corrected chi connectivity index (χ4v) is 2.28. The number of aliphatic hydroxyl groups is 1. The Hall–Kier alpha value is -0.320. The number of nitrogens with one attached hydrogen (secondary N) is 1. The Bertz CT molecular complexity index is 324. The molecule has 0 saturated carbocycles. The molecule has 0 amide bonds. The molecular formula is C13H22Cl2N2O. The van der Waals surface area contributed by atoms with Crippen LogP contribution in [-0.4, -0.2) is 42.8 Å². The summed E-state index contributed by atoms with van der Waals surface area (Å²) in [5.41, 5.74) is 1.31. The van der Waals surface area contributed by atoms with E-state index in [1.165, 1.54) is 5.56 Å². The van der Waals surface area contributed by atoms with Crippen molar-refractivity contribution in [1.82, 2.24) is 10.2 Å². The van der Waals surface area contributed by atoms with Crippen LogP contribution in [0.2, 0.25) is 0 Å². The van der Waals surface area contributed by atoms with E-state index in [0.717, 1.165) is 26.1 Å². The molecule has 0 aliphatic carbocycles. The number of rotatable bonds is 4. The van der Waals surface area contributed by atoms with Crippen molar-refractivity contribution in [1.29, 1.82) is 0 Å². The monoisotopic (exact) mass is 292 g/mol. The van der Waals surface area contributed by atoms with Crippen LogP contribution in [0.1, 0.15) is 18.0 Å². The lowest BCUT2D eigenvalue weighted by atomic mass is 10.1. The van der Waals surface area contributed by atoms with Gasteiger partial charge in [-0.15, -0.1) is 24.8 Å². The van der Waals surface area contributed by atoms with Crippen LogP contribution in [0.4, 0.5) is 0 Å². The molecule has 0 bridgehead atoms. The molecule has 1 heterocycles. The van der Waals surface area contributed by atoms with Gasteiger partial charge in [0.15, 0.2) is 0 Å². The molecule has 0 aromatic heterocycles. The molecule has 1 aromatic rings. The topological polar surface area (TPSA) is 35.5 Å². The SMILES string of the molecule is CNC(CN1CCC(O)C1)c1ccccc1.Cl.Cl. The van der Waals surface area contributed by atoms with E-state index in [1.807, 2.05) is 13.1 Å². The van der Waals surface area contributed by atoms with Crippen molar-refractivity contribution >= 4 is 24.8 Å². The molecule has 2 N–H and O–H groups in total. The highest BCUT2D eigenvalue weighted by Gasteiger charge is 2.22. The van der Waals surface area contributed by atoms with Crippen molar-refractivity contribution < 1.29 is 5.11 Å². The van der Waals surface area contributed by atoms with Crippen molar-refractivity contribution in [3.63, 3.8) is 0 Å². The van der Waals surface area contributed by atoms with Gasteiger partial charge < -0.3 is 10.4 Å². The maximum Gasteiger partial charge on any atom is 0.0679 e. The van der Waals surface area contributed by atoms with Crippen LogP contribution < -0.4 is 5.32 Å². The van der Waals surface area contributed by atoms with E-state index in [-0.39, 0.29) is 30.9 Å². The number of benzene rings is 1. The normalized spacial score (nSPS) is 20.9. The zero-order valence-electron chi connectivity index (χ0n) is 10.6. The second-order valence-corrected chi connectivity index (χ2v) is 4.45. The van der Waals surface area contributed by atoms with Gasteiger partial charge in [0, 0.05) is 25.7 Å². The molecule has 1 aromatic carbocycles. The van der Waals surface area contributed by atoms with Gasteiger partial charge in [0.1, 0.15) is 0 Å². The second-order valence-electron chi connectivity index (χ2n) is 4.45. The maximum absolute atomic E-state index is 9.49. The van der Waals surface area contributed by atoms with E-state index in [9.17, 15) is 5.11 Å². The molecule has 104 valence electrons. The summed E-state index contributed by atoms with van der Waals surface area (Å²) in [7, 11) is 1.99. The van der Waals surface area contributed by atoms with Gasteiger partial charge in [0.2, 0.25) is 0 Å². The Morgan fingerprint density at radius 2 is 2.00 bits per heavy atom. The third-order valence-electron chi connectivity index (χ3n) is 3.24. The minimum absolute atomic E-state index is 0. The quantitative estimate of drug-likeness (QED) is 0.889. The summed E-state index contributed by atoms with van der Waals surface area (Å²) in [4.78, 5) is 2.32. The van der Waals surface area contributed by atoms with Crippen molar-refractivity contribution in [2.24, 2.45) is 0 Å². The summed E-state index contributed by atoms with van der Waals surface area (Å²) in [6.07, 6.45) is 0.777. The van der Waals surface area contributed by atoms with Crippen LogP contribution in [0.5, 0.6) is 0 Å². The summed E-state index contributed by atoms with van der Waals surface area (Å²) in [5.74, 6) is 0. The lowest BCUT2D eigenvalue weighted by molar-refractivity contribution is 0.173. The van der Waals surface area contributed by atoms with Gasteiger partial charge in [-0.1, -0.05) is 30.3 Å². The Morgan fingerprint density at radius 1 is 1.33 bits per heavy atom. The molecule has 1 fully saturated rings. The van der Waals surface area contributed by atoms with Gasteiger partial charge in [0.25, 0.3) is 0 Å². The van der Waals surface area contributed by atoms with Crippen molar-refractivity contribution in [2.75, 3.05) is 26.7 Å². The first-order chi connectivity index (χ1) is 7.79. The summed E-state index contributed by atoms with van der Waals surface area (Å²) >= 11 is 0. The number of aliphatic hydroxyl groups excluding tert-OH is 1. The van der Waals surface area contributed by atoms with Crippen LogP contribution >= 0.6 is 24.8 Å². The molecular weight excluding hydrogens is 271 g/mol. The van der Waals surface area contributed by atoms with Crippen LogP contribution in [0.25, 0.3) is 0 Å². The van der Waals surface area contributed by atoms with Gasteiger partial charge in [-0.3, -0.25) is 4.90 Å². The largest absolute Gasteiger partial charge is 0.392 e. The van der Waals surface area contributed by atoms with Crippen LogP contribution in [0.3, 0.4) is 0 Å². The van der Waals surface area contributed by atoms with E-state index in [2.05, 4.69) is 34.5 Å². The Balaban J connectivity index is 0.00000144. The number of likely N-dealkylation sites (tertiary alicyclic amines) is 1. The van der Waals surface area contributed by atoms with Gasteiger partial charge in [-0.2, -0.15) is 0 Å². The van der Waals surface area contributed by atoms with Crippen LogP contribution in [0.15, 0.2) is 30.3 Å². The minimum Gasteiger partial charge on any atom is -0.392 e. The van der Waals surface area contributed by atoms with Crippen molar-refractivity contribution in [2.45, 2.75) is 18.6 Å². The number of hydrogen-bond donors (Lipinski definition) is 2. The minimum atomic E-state index is -0.131. The molecule has 18 heavy (non-hydrogen) atoms. The Kier molecular flexibility index (Phi) is 8.57. The number of β-amino-alcohol motifs (C(OH)–C–C–N with tert-alkyl or cyclic N) is 1. The summed E-state index contributed by atoms with van der Waals surface area (Å²) in [6.45, 7) is 2.79. The maximum atomic E-state index is 9.49. The van der Waals surface area contributed by atoms with Gasteiger partial charge in [-0.05, 0) is 19.0 Å². The molecule has 2 rings (SSSR count). The average Bonchev–Trinajstić information content (AvgIpc) is 2.73. The van der Waals surface area contributed by atoms with Crippen LogP contribution in [-0.2, 0) is 0 Å². The van der Waals surface area contributed by atoms with Crippen molar-refractivity contribution in [3.8, 4) is 0 Å². The first kappa shape index (κ1) is 17.7. The summed E-state index contributed by atoms with van der Waals surface area (Å²) in [5, 5.41) is 12.8. The molecule has 0 radical (unpaired) electrons. The van der Waals surface area contributed by atoms with Crippen LogP contribution in [0, 0.1) is 0 Å². The molecule has 1 aliphatic rings. The molecule has 1 saturated heterocycles. The standard InChI is InChI=1S/C13H20N2O.2ClH/c1-14-13(11-5-3-2-4-6-11)10-15-8-7-12(16)9-15;;/h2-6,12-14,16H,7-10H2,1H3;2*1H. The van der Waals surface area contributed by atoms with Gasteiger partial charge in [0.05, 0.1) is 6.10 Å². The summed E-state index contributed by atoms with van der Waals surface area (Å²) in [6, 6.07) is 10.8. The number of halogens is 2. The van der Waals surface area contributed by atoms with E-state index in [4.69, 9.17) is 0 Å². The predicted molar refractivity (Wildman–Crippen MR) is 79.8 cm³/mol. The van der Waals surface area contributed by atoms with E-state index < -0.39 is 0 Å². The first-order valence-electron chi connectivity index (χ1n) is 5.92. The highest BCUT2D eigenvalue weighted by Crippen LogP contribution is 2.17. The summed E-state index contributed by atoms with van der Waals surface area (Å²) < 4.78 is 0. The fourth-order valence-electron chi connectivity index (χ4n) is 2.28. The zero-order valence-corrected chi connectivity index (χ0v) is 12.2. The zero-order chi connectivity index (χ0) is 11.4. The molecule has 0 spiro atoms. The highest BCUT2D eigenvalue weighted by molar-refractivity contribution is 5.85. The molecule has 3 nitrogen and oxygen atoms in total. The number of nitrogens with zero attached hydrogens (tertiary/aromatic N) is 1. The third kappa shape index (κ3) is 4.75. The van der Waals surface area contributed by atoms with E-state index in [1.54, 1.807) is 0 Å². The fraction of sp³-hybridized carbons (Fsp3) is 0.538. The lowest BCUT2D eigenvalue weighted by Gasteiger charge is -2.23. The second kappa shape index (κ2) is 8.73. The Morgan fingerprint density at radius 3 is 2.50 bits per heavy atom. The molecule has 2 atom stereocenters. The van der Waals surface area contributed by atoms with E-state index >= 15 is 0 Å². The predicted octanol–water partition coefficient (Wildman–Crippen LogP) is 1.86. The number of likely N-dealkylation sites (N-methyl/N-ethyl adjacent to an activating group) is 1. The van der Waals surface area contributed by atoms with Crippen molar-refractivity contribution in [3.05, 3.63) is 35.9 Å². The smallest absolute Gasteiger partial charge is 0.0679 e. The third-order valence-corrected chi connectivity index (χ3v) is 3.24.